The number of rotatable bonds is 6. The lowest BCUT2D eigenvalue weighted by atomic mass is 9.74. The zero-order valence-corrected chi connectivity index (χ0v) is 14.8. The minimum Gasteiger partial charge on any atom is -0.337 e. The molecule has 0 radical (unpaired) electrons. The highest BCUT2D eigenvalue weighted by Crippen LogP contribution is 2.39. The SMILES string of the molecule is O=C(NC[C@@H]1[C@@H]2CN[C@H]1C2)Nc1cc(CC2CC2)nn1-c1ccccc1. The summed E-state index contributed by atoms with van der Waals surface area (Å²) < 4.78 is 1.84. The normalized spacial score (nSPS) is 26.4. The molecule has 0 spiro atoms. The van der Waals surface area contributed by atoms with Crippen molar-refractivity contribution in [2.75, 3.05) is 18.4 Å². The summed E-state index contributed by atoms with van der Waals surface area (Å²) in [6.45, 7) is 1.84. The highest BCUT2D eigenvalue weighted by Gasteiger charge is 2.46. The molecule has 3 N–H and O–H groups in total. The minimum atomic E-state index is -0.147. The Bertz CT molecular complexity index is 784. The van der Waals surface area contributed by atoms with E-state index in [1.54, 1.807) is 0 Å². The molecule has 2 bridgehead atoms. The molecule has 2 saturated carbocycles. The molecule has 1 aromatic carbocycles. The second-order valence-corrected chi connectivity index (χ2v) is 7.93. The fourth-order valence-electron chi connectivity index (χ4n) is 4.26. The number of nitrogens with zero attached hydrogens (tertiary/aromatic N) is 2. The van der Waals surface area contributed by atoms with Gasteiger partial charge in [0.05, 0.1) is 11.4 Å². The molecule has 3 heterocycles. The van der Waals surface area contributed by atoms with Crippen LogP contribution in [-0.2, 0) is 6.42 Å². The number of carbonyl (C=O) groups is 1. The summed E-state index contributed by atoms with van der Waals surface area (Å²) in [5.74, 6) is 2.82. The first-order valence-electron chi connectivity index (χ1n) is 9.69. The average molecular weight is 351 g/mol. The van der Waals surface area contributed by atoms with Gasteiger partial charge in [0.2, 0.25) is 0 Å². The van der Waals surface area contributed by atoms with Crippen LogP contribution in [0.5, 0.6) is 0 Å². The fraction of sp³-hybridized carbons (Fsp3) is 0.500. The number of carbonyl (C=O) groups excluding carboxylic acids is 1. The lowest BCUT2D eigenvalue weighted by molar-refractivity contribution is 0.206. The van der Waals surface area contributed by atoms with E-state index in [-0.39, 0.29) is 6.03 Å². The zero-order chi connectivity index (χ0) is 17.5. The van der Waals surface area contributed by atoms with Gasteiger partial charge >= 0.3 is 6.03 Å². The van der Waals surface area contributed by atoms with E-state index in [0.29, 0.717) is 12.0 Å². The number of benzene rings is 1. The Morgan fingerprint density at radius 3 is 2.81 bits per heavy atom. The largest absolute Gasteiger partial charge is 0.337 e. The quantitative estimate of drug-likeness (QED) is 0.749. The number of nitrogens with one attached hydrogen (secondary N) is 3. The molecule has 2 saturated heterocycles. The average Bonchev–Trinajstić information content (AvgIpc) is 3.04. The van der Waals surface area contributed by atoms with E-state index in [1.807, 2.05) is 41.1 Å². The number of para-hydroxylation sites is 1. The Kier molecular flexibility index (Phi) is 3.93. The van der Waals surface area contributed by atoms with E-state index in [9.17, 15) is 4.79 Å². The second kappa shape index (κ2) is 6.43. The first-order chi connectivity index (χ1) is 12.8. The van der Waals surface area contributed by atoms with Gasteiger partial charge in [0.15, 0.2) is 0 Å². The summed E-state index contributed by atoms with van der Waals surface area (Å²) in [6.07, 6.45) is 4.84. The van der Waals surface area contributed by atoms with Crippen LogP contribution < -0.4 is 16.0 Å². The van der Waals surface area contributed by atoms with Gasteiger partial charge in [-0.1, -0.05) is 18.2 Å². The van der Waals surface area contributed by atoms with E-state index < -0.39 is 0 Å². The van der Waals surface area contributed by atoms with Crippen molar-refractivity contribution in [1.82, 2.24) is 20.4 Å². The van der Waals surface area contributed by atoms with Crippen LogP contribution in [0.1, 0.15) is 25.0 Å². The lowest BCUT2D eigenvalue weighted by Crippen LogP contribution is -2.45. The number of hydrogen-bond acceptors (Lipinski definition) is 3. The van der Waals surface area contributed by atoms with Gasteiger partial charge in [-0.15, -0.1) is 0 Å². The minimum absolute atomic E-state index is 0.147. The highest BCUT2D eigenvalue weighted by atomic mass is 16.2. The van der Waals surface area contributed by atoms with Crippen molar-refractivity contribution in [2.45, 2.75) is 31.7 Å². The molecule has 2 aliphatic carbocycles. The molecular weight excluding hydrogens is 326 g/mol. The fourth-order valence-corrected chi connectivity index (χ4v) is 4.26. The molecule has 4 fully saturated rings. The third-order valence-electron chi connectivity index (χ3n) is 6.02. The molecule has 4 aliphatic rings. The van der Waals surface area contributed by atoms with Crippen LogP contribution in [0.25, 0.3) is 5.69 Å². The molecule has 1 aromatic heterocycles. The highest BCUT2D eigenvalue weighted by molar-refractivity contribution is 5.88. The van der Waals surface area contributed by atoms with Gasteiger partial charge in [-0.3, -0.25) is 5.32 Å². The topological polar surface area (TPSA) is 71.0 Å². The zero-order valence-electron chi connectivity index (χ0n) is 14.8. The number of hydrogen-bond donors (Lipinski definition) is 3. The van der Waals surface area contributed by atoms with Crippen molar-refractivity contribution < 1.29 is 4.79 Å². The van der Waals surface area contributed by atoms with Crippen molar-refractivity contribution >= 4 is 11.8 Å². The van der Waals surface area contributed by atoms with Crippen molar-refractivity contribution in [3.8, 4) is 5.69 Å². The number of amides is 2. The van der Waals surface area contributed by atoms with E-state index in [2.05, 4.69) is 16.0 Å². The number of fused-ring (bicyclic) bond motifs is 1. The summed E-state index contributed by atoms with van der Waals surface area (Å²) >= 11 is 0. The summed E-state index contributed by atoms with van der Waals surface area (Å²) in [5.41, 5.74) is 2.01. The van der Waals surface area contributed by atoms with Crippen LogP contribution in [0.15, 0.2) is 36.4 Å². The third-order valence-corrected chi connectivity index (χ3v) is 6.02. The molecule has 6 nitrogen and oxygen atoms in total. The van der Waals surface area contributed by atoms with Gasteiger partial charge in [-0.2, -0.15) is 5.10 Å². The summed E-state index contributed by atoms with van der Waals surface area (Å²) in [7, 11) is 0. The molecule has 6 rings (SSSR count). The van der Waals surface area contributed by atoms with Gasteiger partial charge in [0, 0.05) is 18.7 Å². The predicted molar refractivity (Wildman–Crippen MR) is 100 cm³/mol. The molecule has 3 atom stereocenters. The monoisotopic (exact) mass is 351 g/mol. The van der Waals surface area contributed by atoms with Gasteiger partial charge in [-0.25, -0.2) is 9.48 Å². The Morgan fingerprint density at radius 2 is 2.12 bits per heavy atom. The van der Waals surface area contributed by atoms with Gasteiger partial charge < -0.3 is 10.6 Å². The Labute approximate surface area is 153 Å². The maximum Gasteiger partial charge on any atom is 0.320 e. The van der Waals surface area contributed by atoms with Crippen molar-refractivity contribution in [3.63, 3.8) is 0 Å². The Morgan fingerprint density at radius 1 is 1.27 bits per heavy atom. The standard InChI is InChI=1S/C20H25N5O/c26-20(22-12-17-14-9-18(17)21-11-14)23-19-10-15(8-13-6-7-13)24-25(19)16-4-2-1-3-5-16/h1-5,10,13-14,17-18,21H,6-9,11-12H2,(H2,22,23,26)/t14-,17+,18-/m0/s1. The predicted octanol–water partition coefficient (Wildman–Crippen LogP) is 2.55. The van der Waals surface area contributed by atoms with E-state index in [0.717, 1.165) is 48.5 Å². The molecule has 6 heteroatoms. The summed E-state index contributed by atoms with van der Waals surface area (Å²) in [6, 6.07) is 12.4. The van der Waals surface area contributed by atoms with Crippen molar-refractivity contribution in [3.05, 3.63) is 42.1 Å². The van der Waals surface area contributed by atoms with Crippen LogP contribution >= 0.6 is 0 Å². The van der Waals surface area contributed by atoms with Crippen molar-refractivity contribution in [1.29, 1.82) is 0 Å². The molecule has 0 unspecified atom stereocenters. The lowest BCUT2D eigenvalue weighted by Gasteiger charge is -2.34. The smallest absolute Gasteiger partial charge is 0.320 e. The van der Waals surface area contributed by atoms with Crippen molar-refractivity contribution in [2.24, 2.45) is 17.8 Å². The second-order valence-electron chi connectivity index (χ2n) is 7.93. The molecule has 2 aromatic rings. The molecule has 26 heavy (non-hydrogen) atoms. The van der Waals surface area contributed by atoms with Crippen LogP contribution in [0.4, 0.5) is 10.6 Å². The molecule has 2 aliphatic heterocycles. The summed E-state index contributed by atoms with van der Waals surface area (Å²) in [5, 5.41) is 14.3. The molecule has 136 valence electrons. The van der Waals surface area contributed by atoms with Crippen LogP contribution in [0.2, 0.25) is 0 Å². The van der Waals surface area contributed by atoms with Crippen LogP contribution in [-0.4, -0.2) is 34.9 Å². The first kappa shape index (κ1) is 15.9. The van der Waals surface area contributed by atoms with Crippen LogP contribution in [0, 0.1) is 17.8 Å². The summed E-state index contributed by atoms with van der Waals surface area (Å²) in [4.78, 5) is 12.4. The van der Waals surface area contributed by atoms with E-state index >= 15 is 0 Å². The van der Waals surface area contributed by atoms with Gasteiger partial charge in [0.25, 0.3) is 0 Å². The molecule has 2 amide bonds. The number of anilines is 1. The van der Waals surface area contributed by atoms with Crippen LogP contribution in [0.3, 0.4) is 0 Å². The van der Waals surface area contributed by atoms with E-state index in [1.165, 1.54) is 19.3 Å². The van der Waals surface area contributed by atoms with Gasteiger partial charge in [-0.05, 0) is 62.1 Å². The Hall–Kier alpha value is -2.34. The number of urea groups is 1. The maximum absolute atomic E-state index is 12.4. The number of aromatic nitrogens is 2. The molecular formula is C20H25N5O. The third kappa shape index (κ3) is 3.09. The van der Waals surface area contributed by atoms with Gasteiger partial charge in [0.1, 0.15) is 5.82 Å². The van der Waals surface area contributed by atoms with E-state index in [4.69, 9.17) is 5.10 Å². The maximum atomic E-state index is 12.4. The Balaban J connectivity index is 1.28. The first-order valence-corrected chi connectivity index (χ1v) is 9.69.